The maximum absolute atomic E-state index is 14.7. The highest BCUT2D eigenvalue weighted by molar-refractivity contribution is 9.10. The molecule has 66 heavy (non-hydrogen) atoms. The number of carbonyl (C=O) groups is 4. The van der Waals surface area contributed by atoms with E-state index in [1.54, 1.807) is 14.0 Å². The number of methoxy groups -OCH3 is 1. The first kappa shape index (κ1) is 56.6. The van der Waals surface area contributed by atoms with E-state index in [9.17, 15) is 19.2 Å². The van der Waals surface area contributed by atoms with Gasteiger partial charge < -0.3 is 34.1 Å². The topological polar surface area (TPSA) is 139 Å². The summed E-state index contributed by atoms with van der Waals surface area (Å²) in [7, 11) is -1.23. The van der Waals surface area contributed by atoms with Gasteiger partial charge in [0.15, 0.2) is 8.32 Å². The van der Waals surface area contributed by atoms with Gasteiger partial charge in [-0.25, -0.2) is 0 Å². The summed E-state index contributed by atoms with van der Waals surface area (Å²) in [6, 6.07) is 12.6. The van der Waals surface area contributed by atoms with Crippen LogP contribution in [0.1, 0.15) is 133 Å². The third-order valence-corrected chi connectivity index (χ3v) is 25.1. The first-order chi connectivity index (χ1) is 30.6. The molecule has 14 heteroatoms. The smallest absolute Gasteiger partial charge is 0.307 e. The number of aromatic nitrogens is 1. The molecule has 0 aliphatic rings. The van der Waals surface area contributed by atoms with Crippen LogP contribution >= 0.6 is 15.9 Å². The molecule has 0 aliphatic carbocycles. The minimum absolute atomic E-state index is 0.120. The standard InChI is InChI=1S/C52H83BrN4O7Si2/c1-32(2)66(33(3)4,34(5)6)64-41-25-23-40(24-26-41)45(31-47(58)62-16)56-50(60)46(30-43-42-21-19-20-22-44(42)55-48(43)53)57(15)51(61)39(11)54-49(59)37(9)28-35(7)27-36(8)29-38(10)63-65(17,18)52(12,13)14/h19-27,32-34,36-39,45-46,55H,28-31H2,1-18H3,(H,54,59)(H,56,60). The summed E-state index contributed by atoms with van der Waals surface area (Å²) >= 11 is 3.67. The van der Waals surface area contributed by atoms with Crippen molar-refractivity contribution in [3.63, 3.8) is 0 Å². The molecular formula is C52H83BrN4O7Si2. The van der Waals surface area contributed by atoms with Gasteiger partial charge >= 0.3 is 5.97 Å². The minimum Gasteiger partial charge on any atom is -0.543 e. The number of halogens is 1. The van der Waals surface area contributed by atoms with Gasteiger partial charge in [0.1, 0.15) is 17.8 Å². The Kier molecular flexibility index (Phi) is 20.6. The SMILES string of the molecule is COC(=O)CC(NC(=O)C(Cc1c(Br)[nH]c2ccccc12)N(C)C(=O)C(C)NC(=O)C(C)CC(C)=CC(C)CC(C)O[Si](C)(C)C(C)(C)C)c1ccc(O[Si](C(C)C)(C(C)C)C(C)C)cc1. The minimum atomic E-state index is -2.24. The van der Waals surface area contributed by atoms with Crippen LogP contribution in [0.3, 0.4) is 0 Å². The number of nitrogens with zero attached hydrogens (tertiary/aromatic N) is 1. The van der Waals surface area contributed by atoms with Gasteiger partial charge in [-0.1, -0.05) is 118 Å². The molecule has 0 radical (unpaired) electrons. The van der Waals surface area contributed by atoms with Gasteiger partial charge in [0, 0.05) is 36.4 Å². The zero-order chi connectivity index (χ0) is 50.1. The van der Waals surface area contributed by atoms with E-state index in [1.807, 2.05) is 62.4 Å². The van der Waals surface area contributed by atoms with Crippen LogP contribution in [0.5, 0.6) is 5.75 Å². The fourth-order valence-electron chi connectivity index (χ4n) is 9.39. The van der Waals surface area contributed by atoms with Crippen molar-refractivity contribution in [3.05, 3.63) is 75.9 Å². The van der Waals surface area contributed by atoms with E-state index in [1.165, 1.54) is 12.0 Å². The number of aromatic amines is 1. The molecule has 0 spiro atoms. The van der Waals surface area contributed by atoms with Crippen molar-refractivity contribution in [3.8, 4) is 5.75 Å². The second-order valence-electron chi connectivity index (χ2n) is 21.2. The molecule has 368 valence electrons. The molecule has 1 heterocycles. The van der Waals surface area contributed by atoms with Gasteiger partial charge in [0.25, 0.3) is 8.32 Å². The number of ether oxygens (including phenoxy) is 1. The summed E-state index contributed by atoms with van der Waals surface area (Å²) in [6.07, 6.45) is 3.77. The number of benzene rings is 2. The average Bonchev–Trinajstić information content (AvgIpc) is 3.53. The van der Waals surface area contributed by atoms with Gasteiger partial charge in [0.05, 0.1) is 24.2 Å². The van der Waals surface area contributed by atoms with E-state index in [0.717, 1.165) is 34.2 Å². The fraction of sp³-hybridized carbons (Fsp3) is 0.615. The monoisotopic (exact) mass is 1010 g/mol. The molecular weight excluding hydrogens is 929 g/mol. The average molecular weight is 1010 g/mol. The van der Waals surface area contributed by atoms with Crippen molar-refractivity contribution in [2.75, 3.05) is 14.2 Å². The Balaban J connectivity index is 1.87. The van der Waals surface area contributed by atoms with Crippen LogP contribution in [-0.2, 0) is 34.8 Å². The molecule has 3 amide bonds. The van der Waals surface area contributed by atoms with Crippen molar-refractivity contribution >= 4 is 67.2 Å². The van der Waals surface area contributed by atoms with E-state index < -0.39 is 58.5 Å². The molecule has 3 aromatic rings. The van der Waals surface area contributed by atoms with Crippen LogP contribution in [0.15, 0.2) is 64.8 Å². The first-order valence-electron chi connectivity index (χ1n) is 23.9. The molecule has 6 atom stereocenters. The van der Waals surface area contributed by atoms with Gasteiger partial charge in [-0.3, -0.25) is 19.2 Å². The number of rotatable bonds is 23. The quantitative estimate of drug-likeness (QED) is 0.0488. The second-order valence-corrected chi connectivity index (χ2v) is 32.1. The Morgan fingerprint density at radius 3 is 1.95 bits per heavy atom. The van der Waals surface area contributed by atoms with Crippen LogP contribution in [0.2, 0.25) is 34.8 Å². The number of hydrogen-bond donors (Lipinski definition) is 3. The Bertz CT molecular complexity index is 2110. The second kappa shape index (κ2) is 24.0. The van der Waals surface area contributed by atoms with Crippen molar-refractivity contribution < 1.29 is 32.8 Å². The Morgan fingerprint density at radius 1 is 0.833 bits per heavy atom. The third-order valence-electron chi connectivity index (χ3n) is 13.9. The number of para-hydroxylation sites is 1. The number of hydrogen-bond acceptors (Lipinski definition) is 7. The van der Waals surface area contributed by atoms with E-state index in [4.69, 9.17) is 13.6 Å². The van der Waals surface area contributed by atoms with Crippen LogP contribution in [0, 0.1) is 11.8 Å². The lowest BCUT2D eigenvalue weighted by Gasteiger charge is -2.42. The van der Waals surface area contributed by atoms with E-state index >= 15 is 0 Å². The molecule has 0 bridgehead atoms. The lowest BCUT2D eigenvalue weighted by molar-refractivity contribution is -0.143. The number of likely N-dealkylation sites (N-methyl/N-ethyl adjacent to an activating group) is 1. The van der Waals surface area contributed by atoms with Crippen LogP contribution in [0.25, 0.3) is 10.9 Å². The third kappa shape index (κ3) is 14.6. The molecule has 0 saturated heterocycles. The summed E-state index contributed by atoms with van der Waals surface area (Å²) in [4.78, 5) is 60.3. The van der Waals surface area contributed by atoms with Gasteiger partial charge in [-0.15, -0.1) is 0 Å². The highest BCUT2D eigenvalue weighted by Gasteiger charge is 2.47. The largest absolute Gasteiger partial charge is 0.543 e. The van der Waals surface area contributed by atoms with Crippen molar-refractivity contribution in [2.24, 2.45) is 11.8 Å². The molecule has 1 aromatic heterocycles. The number of carbonyl (C=O) groups excluding carboxylic acids is 4. The van der Waals surface area contributed by atoms with Crippen LogP contribution in [-0.4, -0.2) is 82.6 Å². The highest BCUT2D eigenvalue weighted by atomic mass is 79.9. The number of H-pyrrole nitrogens is 1. The van der Waals surface area contributed by atoms with Crippen LogP contribution in [0.4, 0.5) is 0 Å². The summed E-state index contributed by atoms with van der Waals surface area (Å²) in [6.45, 7) is 34.6. The summed E-state index contributed by atoms with van der Waals surface area (Å²) in [5.74, 6) is -1.02. The predicted molar refractivity (Wildman–Crippen MR) is 279 cm³/mol. The molecule has 3 rings (SSSR count). The van der Waals surface area contributed by atoms with Gasteiger partial charge in [0.2, 0.25) is 17.7 Å². The molecule has 3 N–H and O–H groups in total. The lowest BCUT2D eigenvalue weighted by Crippen LogP contribution is -2.55. The maximum atomic E-state index is 14.7. The number of nitrogens with one attached hydrogen (secondary N) is 3. The Hall–Kier alpha value is -3.73. The molecule has 0 fully saturated rings. The summed E-state index contributed by atoms with van der Waals surface area (Å²) in [5, 5.41) is 7.08. The van der Waals surface area contributed by atoms with E-state index in [2.05, 4.69) is 127 Å². The molecule has 6 unspecified atom stereocenters. The number of allylic oxidation sites excluding steroid dienone is 2. The van der Waals surface area contributed by atoms with E-state index in [0.29, 0.717) is 33.2 Å². The summed E-state index contributed by atoms with van der Waals surface area (Å²) < 4.78 is 19.3. The predicted octanol–water partition coefficient (Wildman–Crippen LogP) is 12.2. The number of esters is 1. The number of amides is 3. The molecule has 0 aliphatic heterocycles. The van der Waals surface area contributed by atoms with Gasteiger partial charge in [-0.2, -0.15) is 0 Å². The van der Waals surface area contributed by atoms with E-state index in [-0.39, 0.29) is 35.8 Å². The fourth-order valence-corrected chi connectivity index (χ4v) is 16.7. The zero-order valence-electron chi connectivity index (χ0n) is 43.4. The Morgan fingerprint density at radius 2 is 1.41 bits per heavy atom. The zero-order valence-corrected chi connectivity index (χ0v) is 47.0. The Labute approximate surface area is 407 Å². The van der Waals surface area contributed by atoms with Crippen molar-refractivity contribution in [1.82, 2.24) is 20.5 Å². The van der Waals surface area contributed by atoms with Crippen molar-refractivity contribution in [1.29, 1.82) is 0 Å². The number of fused-ring (bicyclic) bond motifs is 1. The van der Waals surface area contributed by atoms with Gasteiger partial charge in [-0.05, 0) is 120 Å². The summed E-state index contributed by atoms with van der Waals surface area (Å²) in [5.41, 5.74) is 4.62. The highest BCUT2D eigenvalue weighted by Crippen LogP contribution is 2.43. The molecule has 11 nitrogen and oxygen atoms in total. The lowest BCUT2D eigenvalue weighted by atomic mass is 9.95. The first-order valence-corrected chi connectivity index (χ1v) is 29.7. The normalized spacial score (nSPS) is 15.6. The van der Waals surface area contributed by atoms with Crippen LogP contribution < -0.4 is 15.1 Å². The maximum Gasteiger partial charge on any atom is 0.307 e. The molecule has 0 saturated carbocycles. The molecule has 2 aromatic carbocycles. The van der Waals surface area contributed by atoms with Crippen molar-refractivity contribution in [2.45, 2.75) is 182 Å².